The molecule has 1 aromatic heterocycles. The van der Waals surface area contributed by atoms with Gasteiger partial charge in [-0.3, -0.25) is 5.43 Å². The Morgan fingerprint density at radius 1 is 1.67 bits per heavy atom. The van der Waals surface area contributed by atoms with Crippen LogP contribution in [0.25, 0.3) is 0 Å². The van der Waals surface area contributed by atoms with Gasteiger partial charge < -0.3 is 10.3 Å². The quantitative estimate of drug-likeness (QED) is 0.243. The molecule has 1 heterocycles. The van der Waals surface area contributed by atoms with Crippen molar-refractivity contribution in [1.29, 1.82) is 0 Å². The first kappa shape index (κ1) is 11.5. The van der Waals surface area contributed by atoms with E-state index < -0.39 is 0 Å². The van der Waals surface area contributed by atoms with E-state index in [9.17, 15) is 0 Å². The molecule has 0 amide bonds. The molecule has 6 nitrogen and oxygen atoms in total. The van der Waals surface area contributed by atoms with Crippen LogP contribution in [0.3, 0.4) is 0 Å². The minimum atomic E-state index is 0.484. The standard InChI is InChI=1S/C9H18N6/c1-7(2)5-13-9(15-10)14-6-8-11-3-4-12-8/h3-4,7H,5-6,10H2,1-2H3,(H,11,12)(H2,13,14,15). The fourth-order valence-corrected chi connectivity index (χ4v) is 0.992. The average Bonchev–Trinajstić information content (AvgIpc) is 2.70. The van der Waals surface area contributed by atoms with Gasteiger partial charge in [-0.2, -0.15) is 0 Å². The van der Waals surface area contributed by atoms with Gasteiger partial charge in [0.25, 0.3) is 0 Å². The zero-order valence-electron chi connectivity index (χ0n) is 9.12. The first-order valence-electron chi connectivity index (χ1n) is 4.95. The molecular formula is C9H18N6. The Bertz CT molecular complexity index is 290. The molecular weight excluding hydrogens is 192 g/mol. The lowest BCUT2D eigenvalue weighted by atomic mass is 10.2. The molecule has 84 valence electrons. The number of imidazole rings is 1. The van der Waals surface area contributed by atoms with Gasteiger partial charge in [-0.1, -0.05) is 13.8 Å². The fraction of sp³-hybridized carbons (Fsp3) is 0.556. The van der Waals surface area contributed by atoms with Crippen LogP contribution in [-0.4, -0.2) is 22.5 Å². The highest BCUT2D eigenvalue weighted by Crippen LogP contribution is 1.91. The van der Waals surface area contributed by atoms with Gasteiger partial charge in [-0.05, 0) is 5.92 Å². The third-order valence-electron chi connectivity index (χ3n) is 1.76. The largest absolute Gasteiger partial charge is 0.355 e. The van der Waals surface area contributed by atoms with Gasteiger partial charge in [0, 0.05) is 18.9 Å². The van der Waals surface area contributed by atoms with Crippen LogP contribution in [0.4, 0.5) is 0 Å². The van der Waals surface area contributed by atoms with Crippen molar-refractivity contribution in [2.45, 2.75) is 20.4 Å². The lowest BCUT2D eigenvalue weighted by molar-refractivity contribution is 0.615. The van der Waals surface area contributed by atoms with E-state index in [1.54, 1.807) is 12.4 Å². The van der Waals surface area contributed by atoms with E-state index >= 15 is 0 Å². The van der Waals surface area contributed by atoms with Crippen LogP contribution in [0.1, 0.15) is 19.7 Å². The van der Waals surface area contributed by atoms with Crippen molar-refractivity contribution >= 4 is 5.96 Å². The molecule has 0 aliphatic heterocycles. The van der Waals surface area contributed by atoms with Gasteiger partial charge in [0.15, 0.2) is 0 Å². The highest BCUT2D eigenvalue weighted by Gasteiger charge is 1.98. The molecule has 0 aliphatic carbocycles. The molecule has 5 N–H and O–H groups in total. The second-order valence-corrected chi connectivity index (χ2v) is 3.62. The molecule has 0 atom stereocenters. The lowest BCUT2D eigenvalue weighted by Crippen LogP contribution is -2.43. The second-order valence-electron chi connectivity index (χ2n) is 3.62. The summed E-state index contributed by atoms with van der Waals surface area (Å²) < 4.78 is 0. The Labute approximate surface area is 89.4 Å². The van der Waals surface area contributed by atoms with Gasteiger partial charge in [-0.15, -0.1) is 0 Å². The summed E-state index contributed by atoms with van der Waals surface area (Å²) in [7, 11) is 0. The van der Waals surface area contributed by atoms with Gasteiger partial charge in [0.2, 0.25) is 5.96 Å². The fourth-order valence-electron chi connectivity index (χ4n) is 0.992. The predicted octanol–water partition coefficient (Wildman–Crippen LogP) is -0.0254. The van der Waals surface area contributed by atoms with Gasteiger partial charge >= 0.3 is 0 Å². The number of nitrogens with one attached hydrogen (secondary N) is 3. The minimum absolute atomic E-state index is 0.484. The summed E-state index contributed by atoms with van der Waals surface area (Å²) in [4.78, 5) is 11.3. The number of aromatic amines is 1. The number of aliphatic imine (C=N–C) groups is 1. The first-order valence-corrected chi connectivity index (χ1v) is 4.95. The maximum atomic E-state index is 5.32. The number of hydrogen-bond acceptors (Lipinski definition) is 3. The lowest BCUT2D eigenvalue weighted by Gasteiger charge is -2.10. The zero-order chi connectivity index (χ0) is 11.1. The molecule has 0 spiro atoms. The van der Waals surface area contributed by atoms with Crippen LogP contribution in [0, 0.1) is 5.92 Å². The summed E-state index contributed by atoms with van der Waals surface area (Å²) in [6.45, 7) is 5.56. The molecule has 0 bridgehead atoms. The normalized spacial score (nSPS) is 11.9. The number of hydrogen-bond donors (Lipinski definition) is 4. The summed E-state index contributed by atoms with van der Waals surface area (Å²) in [6.07, 6.45) is 3.46. The van der Waals surface area contributed by atoms with E-state index in [1.807, 2.05) is 0 Å². The van der Waals surface area contributed by atoms with Crippen LogP contribution in [-0.2, 0) is 6.54 Å². The molecule has 6 heteroatoms. The molecule has 0 aromatic carbocycles. The van der Waals surface area contributed by atoms with E-state index in [0.717, 1.165) is 12.4 Å². The maximum Gasteiger partial charge on any atom is 0.206 e. The van der Waals surface area contributed by atoms with Crippen molar-refractivity contribution in [3.8, 4) is 0 Å². The van der Waals surface area contributed by atoms with Crippen molar-refractivity contribution in [2.24, 2.45) is 16.8 Å². The van der Waals surface area contributed by atoms with Crippen LogP contribution >= 0.6 is 0 Å². The summed E-state index contributed by atoms with van der Waals surface area (Å²) >= 11 is 0. The summed E-state index contributed by atoms with van der Waals surface area (Å²) in [5.41, 5.74) is 2.52. The van der Waals surface area contributed by atoms with Crippen molar-refractivity contribution in [3.63, 3.8) is 0 Å². The molecule has 15 heavy (non-hydrogen) atoms. The van der Waals surface area contributed by atoms with Crippen molar-refractivity contribution < 1.29 is 0 Å². The Hall–Kier alpha value is -1.56. The van der Waals surface area contributed by atoms with Crippen LogP contribution in [0.15, 0.2) is 17.4 Å². The first-order chi connectivity index (χ1) is 7.22. The number of aromatic nitrogens is 2. The Balaban J connectivity index is 2.40. The van der Waals surface area contributed by atoms with Crippen LogP contribution < -0.4 is 16.6 Å². The molecule has 0 unspecified atom stereocenters. The van der Waals surface area contributed by atoms with Gasteiger partial charge in [-0.25, -0.2) is 15.8 Å². The number of guanidine groups is 1. The SMILES string of the molecule is CC(C)CNC(=NCc1ncc[nH]1)NN. The Morgan fingerprint density at radius 3 is 3.00 bits per heavy atom. The second kappa shape index (κ2) is 6.02. The molecule has 0 aliphatic rings. The number of H-pyrrole nitrogens is 1. The third kappa shape index (κ3) is 4.46. The number of rotatable bonds is 4. The average molecular weight is 210 g/mol. The zero-order valence-corrected chi connectivity index (χ0v) is 9.12. The van der Waals surface area contributed by atoms with E-state index in [4.69, 9.17) is 5.84 Å². The summed E-state index contributed by atoms with van der Waals surface area (Å²) in [5.74, 6) is 7.27. The maximum absolute atomic E-state index is 5.32. The van der Waals surface area contributed by atoms with Crippen LogP contribution in [0.5, 0.6) is 0 Å². The summed E-state index contributed by atoms with van der Waals surface area (Å²) in [6, 6.07) is 0. The van der Waals surface area contributed by atoms with E-state index in [2.05, 4.69) is 39.6 Å². The van der Waals surface area contributed by atoms with Gasteiger partial charge in [0.1, 0.15) is 12.4 Å². The molecule has 1 rings (SSSR count). The van der Waals surface area contributed by atoms with Gasteiger partial charge in [0.05, 0.1) is 0 Å². The Morgan fingerprint density at radius 2 is 2.47 bits per heavy atom. The molecule has 0 saturated heterocycles. The van der Waals surface area contributed by atoms with E-state index in [1.165, 1.54) is 0 Å². The molecule has 0 saturated carbocycles. The topological polar surface area (TPSA) is 91.1 Å². The van der Waals surface area contributed by atoms with Crippen molar-refractivity contribution in [1.82, 2.24) is 20.7 Å². The highest BCUT2D eigenvalue weighted by atomic mass is 15.3. The number of hydrazine groups is 1. The molecule has 0 fully saturated rings. The number of nitrogens with zero attached hydrogens (tertiary/aromatic N) is 2. The van der Waals surface area contributed by atoms with Crippen molar-refractivity contribution in [2.75, 3.05) is 6.54 Å². The smallest absolute Gasteiger partial charge is 0.206 e. The Kier molecular flexibility index (Phi) is 4.62. The highest BCUT2D eigenvalue weighted by molar-refractivity contribution is 5.79. The number of nitrogens with two attached hydrogens (primary N) is 1. The van der Waals surface area contributed by atoms with Crippen LogP contribution in [0.2, 0.25) is 0 Å². The predicted molar refractivity (Wildman–Crippen MR) is 59.9 cm³/mol. The summed E-state index contributed by atoms with van der Waals surface area (Å²) in [5, 5.41) is 3.10. The van der Waals surface area contributed by atoms with E-state index in [0.29, 0.717) is 18.4 Å². The van der Waals surface area contributed by atoms with Crippen molar-refractivity contribution in [3.05, 3.63) is 18.2 Å². The molecule has 0 radical (unpaired) electrons. The monoisotopic (exact) mass is 210 g/mol. The third-order valence-corrected chi connectivity index (χ3v) is 1.76. The minimum Gasteiger partial charge on any atom is -0.355 e. The molecule has 1 aromatic rings. The van der Waals surface area contributed by atoms with E-state index in [-0.39, 0.29) is 0 Å².